The summed E-state index contributed by atoms with van der Waals surface area (Å²) in [6.45, 7) is 4.83. The van der Waals surface area contributed by atoms with Crippen molar-refractivity contribution >= 4 is 33.3 Å². The summed E-state index contributed by atoms with van der Waals surface area (Å²) in [5.74, 6) is 0.0312. The molecule has 1 aromatic rings. The van der Waals surface area contributed by atoms with E-state index >= 15 is 0 Å². The number of benzene rings is 1. The lowest BCUT2D eigenvalue weighted by Gasteiger charge is -2.18. The number of fused-ring (bicyclic) bond motifs is 1. The fourth-order valence-corrected chi connectivity index (χ4v) is 3.79. The molecule has 1 aromatic carbocycles. The van der Waals surface area contributed by atoms with Crippen LogP contribution in [-0.2, 0) is 16.0 Å². The topological polar surface area (TPSA) is 46.6 Å². The Hall–Kier alpha value is -1.20. The number of halogens is 1. The first-order chi connectivity index (χ1) is 9.99. The number of Topliss-reactive ketones (excluding diaryl/α,β-unsaturated/α-hetero) is 1. The highest BCUT2D eigenvalue weighted by atomic mass is 79.9. The van der Waals surface area contributed by atoms with Gasteiger partial charge in [0.05, 0.1) is 12.0 Å². The molecule has 2 aliphatic rings. The molecule has 112 valence electrons. The van der Waals surface area contributed by atoms with Crippen LogP contribution in [0.25, 0.3) is 0 Å². The first kappa shape index (κ1) is 14.7. The van der Waals surface area contributed by atoms with Crippen molar-refractivity contribution in [2.24, 2.45) is 5.92 Å². The van der Waals surface area contributed by atoms with Crippen molar-refractivity contribution in [3.63, 3.8) is 0 Å². The van der Waals surface area contributed by atoms with Gasteiger partial charge in [-0.05, 0) is 37.5 Å². The van der Waals surface area contributed by atoms with Gasteiger partial charge >= 0.3 is 0 Å². The quantitative estimate of drug-likeness (QED) is 0.769. The predicted molar refractivity (Wildman–Crippen MR) is 83.7 cm³/mol. The van der Waals surface area contributed by atoms with E-state index in [0.29, 0.717) is 18.7 Å². The molecule has 3 rings (SSSR count). The van der Waals surface area contributed by atoms with Crippen molar-refractivity contribution in [3.05, 3.63) is 27.7 Å². The second-order valence-electron chi connectivity index (χ2n) is 5.72. The van der Waals surface area contributed by atoms with Crippen molar-refractivity contribution in [2.45, 2.75) is 32.8 Å². The molecule has 2 unspecified atom stereocenters. The number of nitrogens with zero attached hydrogens (tertiary/aromatic N) is 1. The van der Waals surface area contributed by atoms with E-state index in [-0.39, 0.29) is 23.7 Å². The number of carbonyl (C=O) groups is 2. The zero-order chi connectivity index (χ0) is 15.1. The number of carbonyl (C=O) groups excluding carboxylic acids is 2. The molecule has 21 heavy (non-hydrogen) atoms. The van der Waals surface area contributed by atoms with Crippen molar-refractivity contribution in [2.75, 3.05) is 18.1 Å². The first-order valence-electron chi connectivity index (χ1n) is 7.25. The van der Waals surface area contributed by atoms with E-state index in [9.17, 15) is 9.59 Å². The van der Waals surface area contributed by atoms with Gasteiger partial charge < -0.3 is 9.64 Å². The summed E-state index contributed by atoms with van der Waals surface area (Å²) in [4.78, 5) is 26.2. The van der Waals surface area contributed by atoms with E-state index in [1.54, 1.807) is 11.8 Å². The Balaban J connectivity index is 1.98. The van der Waals surface area contributed by atoms with Crippen molar-refractivity contribution < 1.29 is 14.3 Å². The van der Waals surface area contributed by atoms with Crippen LogP contribution < -0.4 is 4.90 Å². The minimum absolute atomic E-state index is 0.0204. The number of amides is 1. The number of rotatable bonds is 2. The van der Waals surface area contributed by atoms with Crippen LogP contribution in [0.4, 0.5) is 5.69 Å². The highest BCUT2D eigenvalue weighted by Gasteiger charge is 2.33. The zero-order valence-electron chi connectivity index (χ0n) is 12.2. The van der Waals surface area contributed by atoms with Gasteiger partial charge in [0.25, 0.3) is 0 Å². The molecule has 4 nitrogen and oxygen atoms in total. The van der Waals surface area contributed by atoms with Gasteiger partial charge in [-0.2, -0.15) is 0 Å². The maximum Gasteiger partial charge on any atom is 0.223 e. The molecule has 0 saturated carbocycles. The molecule has 2 atom stereocenters. The Labute approximate surface area is 132 Å². The third-order valence-electron chi connectivity index (χ3n) is 4.42. The summed E-state index contributed by atoms with van der Waals surface area (Å²) in [7, 11) is 0. The minimum atomic E-state index is -0.0912. The van der Waals surface area contributed by atoms with Gasteiger partial charge in [0.1, 0.15) is 0 Å². The van der Waals surface area contributed by atoms with Gasteiger partial charge in [-0.3, -0.25) is 9.59 Å². The van der Waals surface area contributed by atoms with E-state index in [4.69, 9.17) is 4.74 Å². The average Bonchev–Trinajstić information content (AvgIpc) is 3.02. The molecule has 0 aliphatic carbocycles. The van der Waals surface area contributed by atoms with Crippen molar-refractivity contribution in [1.82, 2.24) is 0 Å². The molecule has 0 N–H and O–H groups in total. The van der Waals surface area contributed by atoms with E-state index < -0.39 is 0 Å². The van der Waals surface area contributed by atoms with E-state index in [2.05, 4.69) is 15.9 Å². The summed E-state index contributed by atoms with van der Waals surface area (Å²) in [5, 5.41) is 0. The minimum Gasteiger partial charge on any atom is -0.378 e. The summed E-state index contributed by atoms with van der Waals surface area (Å²) in [5.41, 5.74) is 2.65. The number of anilines is 1. The van der Waals surface area contributed by atoms with Crippen LogP contribution >= 0.6 is 15.9 Å². The highest BCUT2D eigenvalue weighted by Crippen LogP contribution is 2.36. The van der Waals surface area contributed by atoms with Gasteiger partial charge in [0.2, 0.25) is 5.91 Å². The van der Waals surface area contributed by atoms with Crippen molar-refractivity contribution in [1.29, 1.82) is 0 Å². The summed E-state index contributed by atoms with van der Waals surface area (Å²) in [6.07, 6.45) is 1.56. The van der Waals surface area contributed by atoms with Crippen LogP contribution in [0.3, 0.4) is 0 Å². The van der Waals surface area contributed by atoms with Crippen LogP contribution in [-0.4, -0.2) is 30.9 Å². The summed E-state index contributed by atoms with van der Waals surface area (Å²) >= 11 is 3.51. The molecule has 1 amide bonds. The largest absolute Gasteiger partial charge is 0.378 e. The number of ketones is 1. The number of hydrogen-bond donors (Lipinski definition) is 0. The molecule has 1 saturated heterocycles. The second kappa shape index (κ2) is 5.54. The lowest BCUT2D eigenvalue weighted by Crippen LogP contribution is -2.26. The molecule has 1 fully saturated rings. The van der Waals surface area contributed by atoms with Crippen LogP contribution in [0.5, 0.6) is 0 Å². The molecule has 2 heterocycles. The fourth-order valence-electron chi connectivity index (χ4n) is 3.20. The normalized spacial score (nSPS) is 24.2. The Morgan fingerprint density at radius 1 is 1.38 bits per heavy atom. The SMILES string of the molecule is CC(=O)N1CCc2cc(Br)c(C(=O)C3CCOC3C)cc21. The Morgan fingerprint density at radius 2 is 2.14 bits per heavy atom. The number of hydrogen-bond acceptors (Lipinski definition) is 3. The van der Waals surface area contributed by atoms with Crippen LogP contribution in [0.1, 0.15) is 36.2 Å². The van der Waals surface area contributed by atoms with Crippen LogP contribution in [0.2, 0.25) is 0 Å². The summed E-state index contributed by atoms with van der Waals surface area (Å²) < 4.78 is 6.31. The zero-order valence-corrected chi connectivity index (χ0v) is 13.8. The maximum absolute atomic E-state index is 12.7. The standard InChI is InChI=1S/C16H18BrNO3/c1-9-12(4-6-21-9)16(20)13-8-15-11(7-14(13)17)3-5-18(15)10(2)19/h7-9,12H,3-6H2,1-2H3. The molecule has 0 aromatic heterocycles. The first-order valence-corrected chi connectivity index (χ1v) is 8.04. The highest BCUT2D eigenvalue weighted by molar-refractivity contribution is 9.10. The fraction of sp³-hybridized carbons (Fsp3) is 0.500. The average molecular weight is 352 g/mol. The molecule has 5 heteroatoms. The number of ether oxygens (including phenoxy) is 1. The third-order valence-corrected chi connectivity index (χ3v) is 5.08. The molecular weight excluding hydrogens is 334 g/mol. The maximum atomic E-state index is 12.7. The van der Waals surface area contributed by atoms with Gasteiger partial charge in [0, 0.05) is 35.8 Å². The third kappa shape index (κ3) is 2.53. The molecule has 0 bridgehead atoms. The Morgan fingerprint density at radius 3 is 2.76 bits per heavy atom. The molecular formula is C16H18BrNO3. The lowest BCUT2D eigenvalue weighted by molar-refractivity contribution is -0.116. The second-order valence-corrected chi connectivity index (χ2v) is 6.57. The molecule has 0 radical (unpaired) electrons. The van der Waals surface area contributed by atoms with E-state index in [1.807, 2.05) is 19.1 Å². The van der Waals surface area contributed by atoms with Gasteiger partial charge in [-0.25, -0.2) is 0 Å². The van der Waals surface area contributed by atoms with E-state index in [1.165, 1.54) is 0 Å². The Kier molecular flexibility index (Phi) is 3.88. The molecule has 2 aliphatic heterocycles. The van der Waals surface area contributed by atoms with E-state index in [0.717, 1.165) is 28.6 Å². The predicted octanol–water partition coefficient (Wildman–Crippen LogP) is 2.97. The lowest BCUT2D eigenvalue weighted by atomic mass is 9.91. The summed E-state index contributed by atoms with van der Waals surface area (Å²) in [6, 6.07) is 3.84. The van der Waals surface area contributed by atoms with Crippen molar-refractivity contribution in [3.8, 4) is 0 Å². The van der Waals surface area contributed by atoms with Crippen LogP contribution in [0.15, 0.2) is 16.6 Å². The van der Waals surface area contributed by atoms with Gasteiger partial charge in [-0.15, -0.1) is 0 Å². The monoisotopic (exact) mass is 351 g/mol. The molecule has 0 spiro atoms. The van der Waals surface area contributed by atoms with Crippen LogP contribution in [0, 0.1) is 5.92 Å². The Bertz CT molecular complexity index is 614. The van der Waals surface area contributed by atoms with Gasteiger partial charge in [-0.1, -0.05) is 15.9 Å². The smallest absolute Gasteiger partial charge is 0.223 e. The van der Waals surface area contributed by atoms with Gasteiger partial charge in [0.15, 0.2) is 5.78 Å².